The van der Waals surface area contributed by atoms with E-state index >= 15 is 0 Å². The Balaban J connectivity index is 2.35. The second kappa shape index (κ2) is 6.68. The number of methoxy groups -OCH3 is 1. The fourth-order valence-electron chi connectivity index (χ4n) is 3.65. The molecule has 0 radical (unpaired) electrons. The van der Waals surface area contributed by atoms with Crippen molar-refractivity contribution in [3.05, 3.63) is 11.6 Å². The lowest BCUT2D eigenvalue weighted by molar-refractivity contribution is 0.182. The highest BCUT2D eigenvalue weighted by Crippen LogP contribution is 2.45. The highest BCUT2D eigenvalue weighted by atomic mass is 16.5. The first kappa shape index (κ1) is 15.4. The quantitative estimate of drug-likeness (QED) is 0.832. The first-order valence-electron chi connectivity index (χ1n) is 7.74. The van der Waals surface area contributed by atoms with E-state index in [1.54, 1.807) is 7.11 Å². The molecule has 1 heterocycles. The molecule has 20 heavy (non-hydrogen) atoms. The van der Waals surface area contributed by atoms with Gasteiger partial charge in [-0.1, -0.05) is 26.7 Å². The number of nitrogens with zero attached hydrogens (tertiary/aromatic N) is 3. The van der Waals surface area contributed by atoms with Crippen LogP contribution in [0.15, 0.2) is 0 Å². The molecule has 0 spiro atoms. The summed E-state index contributed by atoms with van der Waals surface area (Å²) in [6, 6.07) is 0. The van der Waals surface area contributed by atoms with Crippen LogP contribution in [0.5, 0.6) is 0 Å². The van der Waals surface area contributed by atoms with Crippen molar-refractivity contribution in [3.8, 4) is 0 Å². The van der Waals surface area contributed by atoms with Crippen molar-refractivity contribution in [1.29, 1.82) is 0 Å². The van der Waals surface area contributed by atoms with Crippen LogP contribution in [-0.2, 0) is 23.2 Å². The van der Waals surface area contributed by atoms with Crippen molar-refractivity contribution < 1.29 is 4.74 Å². The van der Waals surface area contributed by atoms with Crippen LogP contribution in [0.3, 0.4) is 0 Å². The topological polar surface area (TPSA) is 66.0 Å². The summed E-state index contributed by atoms with van der Waals surface area (Å²) in [5, 5.41) is 8.84. The second-order valence-electron chi connectivity index (χ2n) is 6.37. The Labute approximate surface area is 121 Å². The van der Waals surface area contributed by atoms with Gasteiger partial charge < -0.3 is 15.0 Å². The van der Waals surface area contributed by atoms with E-state index in [1.165, 1.54) is 32.1 Å². The maximum Gasteiger partial charge on any atom is 0.146 e. The van der Waals surface area contributed by atoms with Gasteiger partial charge in [-0.2, -0.15) is 0 Å². The van der Waals surface area contributed by atoms with Gasteiger partial charge in [0.05, 0.1) is 13.2 Å². The minimum absolute atomic E-state index is 0.197. The van der Waals surface area contributed by atoms with E-state index < -0.39 is 0 Å². The first-order valence-corrected chi connectivity index (χ1v) is 7.74. The molecule has 1 aromatic rings. The van der Waals surface area contributed by atoms with Gasteiger partial charge in [-0.05, 0) is 25.2 Å². The minimum Gasteiger partial charge on any atom is -0.383 e. The number of rotatable bonds is 7. The number of hydrogen-bond donors (Lipinski definition) is 1. The number of ether oxygens (including phenoxy) is 1. The summed E-state index contributed by atoms with van der Waals surface area (Å²) >= 11 is 0. The van der Waals surface area contributed by atoms with E-state index in [-0.39, 0.29) is 5.41 Å². The van der Waals surface area contributed by atoms with E-state index in [2.05, 4.69) is 28.6 Å². The zero-order valence-corrected chi connectivity index (χ0v) is 13.1. The average molecular weight is 280 g/mol. The molecule has 0 saturated heterocycles. The highest BCUT2D eigenvalue weighted by molar-refractivity contribution is 5.14. The Morgan fingerprint density at radius 3 is 2.55 bits per heavy atom. The summed E-state index contributed by atoms with van der Waals surface area (Å²) < 4.78 is 7.43. The number of nitrogens with two attached hydrogens (primary N) is 1. The third-order valence-electron chi connectivity index (χ3n) is 4.36. The van der Waals surface area contributed by atoms with Gasteiger partial charge >= 0.3 is 0 Å². The Hall–Kier alpha value is -0.940. The van der Waals surface area contributed by atoms with Gasteiger partial charge in [-0.25, -0.2) is 0 Å². The molecule has 114 valence electrons. The predicted octanol–water partition coefficient (Wildman–Crippen LogP) is 2.24. The number of hydrogen-bond acceptors (Lipinski definition) is 4. The summed E-state index contributed by atoms with van der Waals surface area (Å²) in [5.74, 6) is 2.69. The molecule has 5 nitrogen and oxygen atoms in total. The standard InChI is InChI=1S/C15H28N4O/c1-12(2)10-15(6-4-5-7-15)14-18-17-13(11-16)19(14)8-9-20-3/h12H,4-11,16H2,1-3H3. The van der Waals surface area contributed by atoms with Crippen molar-refractivity contribution in [2.75, 3.05) is 13.7 Å². The molecule has 1 aliphatic carbocycles. The van der Waals surface area contributed by atoms with Crippen LogP contribution >= 0.6 is 0 Å². The second-order valence-corrected chi connectivity index (χ2v) is 6.37. The summed E-state index contributed by atoms with van der Waals surface area (Å²) in [6.45, 7) is 6.50. The van der Waals surface area contributed by atoms with Gasteiger partial charge in [0.2, 0.25) is 0 Å². The van der Waals surface area contributed by atoms with Gasteiger partial charge in [0.25, 0.3) is 0 Å². The third-order valence-corrected chi connectivity index (χ3v) is 4.36. The average Bonchev–Trinajstić information content (AvgIpc) is 3.02. The smallest absolute Gasteiger partial charge is 0.146 e. The van der Waals surface area contributed by atoms with E-state index in [0.717, 1.165) is 18.2 Å². The molecule has 1 saturated carbocycles. The first-order chi connectivity index (χ1) is 9.63. The van der Waals surface area contributed by atoms with E-state index in [9.17, 15) is 0 Å². The van der Waals surface area contributed by atoms with E-state index in [0.29, 0.717) is 19.1 Å². The van der Waals surface area contributed by atoms with Crippen molar-refractivity contribution in [2.24, 2.45) is 11.7 Å². The highest BCUT2D eigenvalue weighted by Gasteiger charge is 2.40. The molecule has 1 aromatic heterocycles. The van der Waals surface area contributed by atoms with Gasteiger partial charge in [0.15, 0.2) is 0 Å². The van der Waals surface area contributed by atoms with Crippen LogP contribution < -0.4 is 5.73 Å². The van der Waals surface area contributed by atoms with Gasteiger partial charge in [-0.3, -0.25) is 0 Å². The van der Waals surface area contributed by atoms with Crippen molar-refractivity contribution >= 4 is 0 Å². The SMILES string of the molecule is COCCn1c(CN)nnc1C1(CC(C)C)CCCC1. The lowest BCUT2D eigenvalue weighted by Crippen LogP contribution is -2.30. The summed E-state index contributed by atoms with van der Waals surface area (Å²) in [7, 11) is 1.73. The molecule has 2 rings (SSSR count). The lowest BCUT2D eigenvalue weighted by Gasteiger charge is -2.30. The molecule has 2 N–H and O–H groups in total. The molecule has 0 unspecified atom stereocenters. The predicted molar refractivity (Wildman–Crippen MR) is 79.4 cm³/mol. The van der Waals surface area contributed by atoms with Crippen molar-refractivity contribution in [3.63, 3.8) is 0 Å². The Kier molecular flexibility index (Phi) is 5.16. The van der Waals surface area contributed by atoms with E-state index in [4.69, 9.17) is 10.5 Å². The van der Waals surface area contributed by atoms with Crippen LogP contribution in [0.2, 0.25) is 0 Å². The van der Waals surface area contributed by atoms with Crippen LogP contribution in [0.1, 0.15) is 57.6 Å². The fraction of sp³-hybridized carbons (Fsp3) is 0.867. The molecular formula is C15H28N4O. The molecule has 0 bridgehead atoms. The zero-order chi connectivity index (χ0) is 14.6. The number of aromatic nitrogens is 3. The summed E-state index contributed by atoms with van der Waals surface area (Å²) in [6.07, 6.45) is 6.22. The van der Waals surface area contributed by atoms with Crippen LogP contribution in [0, 0.1) is 5.92 Å². The maximum atomic E-state index is 5.81. The Bertz CT molecular complexity index is 422. The van der Waals surface area contributed by atoms with Crippen molar-refractivity contribution in [2.45, 2.75) is 64.5 Å². The fourth-order valence-corrected chi connectivity index (χ4v) is 3.65. The van der Waals surface area contributed by atoms with Gasteiger partial charge in [0, 0.05) is 19.1 Å². The largest absolute Gasteiger partial charge is 0.383 e. The molecule has 1 fully saturated rings. The molecule has 0 amide bonds. The molecule has 0 atom stereocenters. The summed E-state index contributed by atoms with van der Waals surface area (Å²) in [5.41, 5.74) is 6.01. The molecule has 0 aliphatic heterocycles. The van der Waals surface area contributed by atoms with Gasteiger partial charge in [0.1, 0.15) is 11.6 Å². The van der Waals surface area contributed by atoms with E-state index in [1.807, 2.05) is 0 Å². The zero-order valence-electron chi connectivity index (χ0n) is 13.1. The summed E-state index contributed by atoms with van der Waals surface area (Å²) in [4.78, 5) is 0. The Morgan fingerprint density at radius 1 is 1.30 bits per heavy atom. The van der Waals surface area contributed by atoms with Crippen LogP contribution in [0.25, 0.3) is 0 Å². The van der Waals surface area contributed by atoms with Gasteiger partial charge in [-0.15, -0.1) is 10.2 Å². The van der Waals surface area contributed by atoms with Crippen LogP contribution in [0.4, 0.5) is 0 Å². The maximum absolute atomic E-state index is 5.81. The Morgan fingerprint density at radius 2 is 2.00 bits per heavy atom. The molecule has 5 heteroatoms. The van der Waals surface area contributed by atoms with Crippen LogP contribution in [-0.4, -0.2) is 28.5 Å². The lowest BCUT2D eigenvalue weighted by atomic mass is 9.77. The molecule has 0 aromatic carbocycles. The minimum atomic E-state index is 0.197. The normalized spacial score (nSPS) is 18.1. The monoisotopic (exact) mass is 280 g/mol. The molecular weight excluding hydrogens is 252 g/mol. The molecule has 1 aliphatic rings. The van der Waals surface area contributed by atoms with Crippen molar-refractivity contribution in [1.82, 2.24) is 14.8 Å². The third kappa shape index (κ3) is 3.04.